The average Bonchev–Trinajstić information content (AvgIpc) is 2.38. The lowest BCUT2D eigenvalue weighted by atomic mass is 9.82. The summed E-state index contributed by atoms with van der Waals surface area (Å²) in [7, 11) is 1.32. The number of unbranched alkanes of at least 4 members (excludes halogenated alkanes) is 3. The number of carbonyl (C=O) groups excluding carboxylic acids is 2. The van der Waals surface area contributed by atoms with E-state index >= 15 is 0 Å². The van der Waals surface area contributed by atoms with Crippen LogP contribution in [0, 0.1) is 5.92 Å². The summed E-state index contributed by atoms with van der Waals surface area (Å²) in [6.45, 7) is 7.59. The van der Waals surface area contributed by atoms with Crippen LogP contribution in [0.1, 0.15) is 46.0 Å². The Kier molecular flexibility index (Phi) is 8.08. The number of ether oxygens (including phenoxy) is 1. The van der Waals surface area contributed by atoms with Crippen LogP contribution in [0.25, 0.3) is 0 Å². The summed E-state index contributed by atoms with van der Waals surface area (Å²) in [6, 6.07) is 0. The van der Waals surface area contributed by atoms with Gasteiger partial charge in [-0.2, -0.15) is 0 Å². The van der Waals surface area contributed by atoms with Crippen LogP contribution in [0.3, 0.4) is 0 Å². The summed E-state index contributed by atoms with van der Waals surface area (Å²) in [6.07, 6.45) is 7.56. The standard InChI is InChI=1S/C14H25NO3/c1-5-7-8-9-10-12(6-2)14(3,15-11-16)13(17)18-4/h6,11-12H,2,5,7-10H2,1,3-4H3,(H,15,16). The summed E-state index contributed by atoms with van der Waals surface area (Å²) in [5, 5.41) is 2.58. The van der Waals surface area contributed by atoms with Crippen molar-refractivity contribution in [2.24, 2.45) is 5.92 Å². The maximum atomic E-state index is 11.8. The van der Waals surface area contributed by atoms with E-state index in [1.54, 1.807) is 13.0 Å². The van der Waals surface area contributed by atoms with Gasteiger partial charge in [0, 0.05) is 5.92 Å². The monoisotopic (exact) mass is 255 g/mol. The molecule has 0 radical (unpaired) electrons. The number of methoxy groups -OCH3 is 1. The minimum absolute atomic E-state index is 0.119. The Labute approximate surface area is 110 Å². The lowest BCUT2D eigenvalue weighted by Gasteiger charge is -2.32. The smallest absolute Gasteiger partial charge is 0.331 e. The molecule has 0 bridgehead atoms. The Morgan fingerprint density at radius 3 is 2.56 bits per heavy atom. The first-order chi connectivity index (χ1) is 8.56. The second kappa shape index (κ2) is 8.72. The van der Waals surface area contributed by atoms with E-state index in [1.165, 1.54) is 20.0 Å². The van der Waals surface area contributed by atoms with E-state index in [2.05, 4.69) is 18.8 Å². The zero-order chi connectivity index (χ0) is 14.0. The molecular formula is C14H25NO3. The Morgan fingerprint density at radius 2 is 2.11 bits per heavy atom. The summed E-state index contributed by atoms with van der Waals surface area (Å²) in [4.78, 5) is 22.5. The third-order valence-corrected chi connectivity index (χ3v) is 3.36. The number of carbonyl (C=O) groups is 2. The van der Waals surface area contributed by atoms with Crippen LogP contribution in [0.15, 0.2) is 12.7 Å². The Balaban J connectivity index is 4.66. The quantitative estimate of drug-likeness (QED) is 0.282. The van der Waals surface area contributed by atoms with Crippen molar-refractivity contribution in [3.05, 3.63) is 12.7 Å². The first-order valence-corrected chi connectivity index (χ1v) is 6.49. The van der Waals surface area contributed by atoms with Crippen molar-refractivity contribution in [2.75, 3.05) is 7.11 Å². The van der Waals surface area contributed by atoms with Gasteiger partial charge in [0.15, 0.2) is 0 Å². The molecule has 0 aliphatic heterocycles. The van der Waals surface area contributed by atoms with E-state index < -0.39 is 11.5 Å². The minimum Gasteiger partial charge on any atom is -0.467 e. The fourth-order valence-corrected chi connectivity index (χ4v) is 2.09. The van der Waals surface area contributed by atoms with Gasteiger partial charge in [0.1, 0.15) is 5.54 Å². The van der Waals surface area contributed by atoms with Crippen LogP contribution in [-0.2, 0) is 14.3 Å². The third kappa shape index (κ3) is 4.51. The molecule has 4 heteroatoms. The van der Waals surface area contributed by atoms with Crippen molar-refractivity contribution < 1.29 is 14.3 Å². The molecule has 0 heterocycles. The molecule has 1 amide bonds. The third-order valence-electron chi connectivity index (χ3n) is 3.36. The predicted molar refractivity (Wildman–Crippen MR) is 72.1 cm³/mol. The van der Waals surface area contributed by atoms with Gasteiger partial charge >= 0.3 is 5.97 Å². The SMILES string of the molecule is C=CC(CCCCCC)C(C)(NC=O)C(=O)OC. The molecule has 0 aromatic carbocycles. The molecular weight excluding hydrogens is 230 g/mol. The van der Waals surface area contributed by atoms with Crippen molar-refractivity contribution in [3.63, 3.8) is 0 Å². The molecule has 0 saturated carbocycles. The summed E-state index contributed by atoms with van der Waals surface area (Å²) in [5.41, 5.74) is -1.02. The molecule has 0 fully saturated rings. The van der Waals surface area contributed by atoms with E-state index in [-0.39, 0.29) is 5.92 Å². The summed E-state index contributed by atoms with van der Waals surface area (Å²) in [5.74, 6) is -0.554. The van der Waals surface area contributed by atoms with Crippen molar-refractivity contribution in [2.45, 2.75) is 51.5 Å². The first-order valence-electron chi connectivity index (χ1n) is 6.49. The molecule has 0 aliphatic carbocycles. The van der Waals surface area contributed by atoms with Gasteiger partial charge in [-0.3, -0.25) is 4.79 Å². The molecule has 18 heavy (non-hydrogen) atoms. The zero-order valence-electron chi connectivity index (χ0n) is 11.7. The molecule has 1 N–H and O–H groups in total. The van der Waals surface area contributed by atoms with Gasteiger partial charge in [-0.05, 0) is 13.3 Å². The number of nitrogens with one attached hydrogen (secondary N) is 1. The highest BCUT2D eigenvalue weighted by Crippen LogP contribution is 2.25. The highest BCUT2D eigenvalue weighted by atomic mass is 16.5. The lowest BCUT2D eigenvalue weighted by molar-refractivity contribution is -0.150. The number of hydrogen-bond acceptors (Lipinski definition) is 3. The van der Waals surface area contributed by atoms with Gasteiger partial charge in [0.2, 0.25) is 6.41 Å². The van der Waals surface area contributed by atoms with Crippen molar-refractivity contribution in [1.82, 2.24) is 5.32 Å². The fraction of sp³-hybridized carbons (Fsp3) is 0.714. The van der Waals surface area contributed by atoms with E-state index in [0.29, 0.717) is 6.41 Å². The van der Waals surface area contributed by atoms with E-state index in [0.717, 1.165) is 19.3 Å². The summed E-state index contributed by atoms with van der Waals surface area (Å²) >= 11 is 0. The molecule has 0 rings (SSSR count). The number of rotatable bonds is 10. The van der Waals surface area contributed by atoms with Crippen LogP contribution in [-0.4, -0.2) is 25.0 Å². The maximum absolute atomic E-state index is 11.8. The van der Waals surface area contributed by atoms with Crippen molar-refractivity contribution in [3.8, 4) is 0 Å². The number of hydrogen-bond donors (Lipinski definition) is 1. The van der Waals surface area contributed by atoms with Gasteiger partial charge in [-0.15, -0.1) is 6.58 Å². The lowest BCUT2D eigenvalue weighted by Crippen LogP contribution is -2.54. The van der Waals surface area contributed by atoms with Crippen LogP contribution in [0.2, 0.25) is 0 Å². The zero-order valence-corrected chi connectivity index (χ0v) is 11.7. The molecule has 0 aromatic heterocycles. The van der Waals surface area contributed by atoms with Gasteiger partial charge in [-0.1, -0.05) is 38.7 Å². The molecule has 0 spiro atoms. The van der Waals surface area contributed by atoms with E-state index in [9.17, 15) is 9.59 Å². The highest BCUT2D eigenvalue weighted by Gasteiger charge is 2.40. The molecule has 0 saturated heterocycles. The minimum atomic E-state index is -1.02. The Hall–Kier alpha value is -1.32. The first kappa shape index (κ1) is 16.7. The molecule has 2 unspecified atom stereocenters. The normalized spacial score (nSPS) is 15.3. The molecule has 104 valence electrons. The Bertz CT molecular complexity index is 278. The Morgan fingerprint density at radius 1 is 1.44 bits per heavy atom. The van der Waals surface area contributed by atoms with E-state index in [1.807, 2.05) is 0 Å². The highest BCUT2D eigenvalue weighted by molar-refractivity contribution is 5.83. The van der Waals surface area contributed by atoms with Gasteiger partial charge in [0.05, 0.1) is 7.11 Å². The van der Waals surface area contributed by atoms with Gasteiger partial charge in [-0.25, -0.2) is 4.79 Å². The number of esters is 1. The average molecular weight is 255 g/mol. The number of amides is 1. The second-order valence-electron chi connectivity index (χ2n) is 4.65. The topological polar surface area (TPSA) is 55.4 Å². The van der Waals surface area contributed by atoms with Crippen molar-refractivity contribution >= 4 is 12.4 Å². The van der Waals surface area contributed by atoms with Gasteiger partial charge in [0.25, 0.3) is 0 Å². The summed E-state index contributed by atoms with van der Waals surface area (Å²) < 4.78 is 4.77. The fourth-order valence-electron chi connectivity index (χ4n) is 2.09. The van der Waals surface area contributed by atoms with Crippen LogP contribution < -0.4 is 5.32 Å². The maximum Gasteiger partial charge on any atom is 0.331 e. The molecule has 2 atom stereocenters. The molecule has 4 nitrogen and oxygen atoms in total. The van der Waals surface area contributed by atoms with E-state index in [4.69, 9.17) is 4.74 Å². The van der Waals surface area contributed by atoms with Crippen LogP contribution in [0.5, 0.6) is 0 Å². The molecule has 0 aliphatic rings. The van der Waals surface area contributed by atoms with Crippen LogP contribution >= 0.6 is 0 Å². The second-order valence-corrected chi connectivity index (χ2v) is 4.65. The predicted octanol–water partition coefficient (Wildman–Crippen LogP) is 2.44. The van der Waals surface area contributed by atoms with Crippen LogP contribution in [0.4, 0.5) is 0 Å². The van der Waals surface area contributed by atoms with Crippen molar-refractivity contribution in [1.29, 1.82) is 0 Å². The largest absolute Gasteiger partial charge is 0.467 e. The molecule has 0 aromatic rings. The van der Waals surface area contributed by atoms with Gasteiger partial charge < -0.3 is 10.1 Å².